The van der Waals surface area contributed by atoms with Gasteiger partial charge in [-0.05, 0) is 30.5 Å². The first kappa shape index (κ1) is 13.3. The minimum atomic E-state index is 0.144. The van der Waals surface area contributed by atoms with Crippen LogP contribution in [0.2, 0.25) is 0 Å². The molecule has 20 heavy (non-hydrogen) atoms. The SMILES string of the molecule is COc1ccc(Cc2nc(C3CC3)c(C(C)=O)s2)cc1. The molecule has 1 aromatic heterocycles. The highest BCUT2D eigenvalue weighted by molar-refractivity contribution is 7.13. The number of Topliss-reactive ketones (excluding diaryl/α,β-unsaturated/α-hetero) is 1. The highest BCUT2D eigenvalue weighted by atomic mass is 32.1. The van der Waals surface area contributed by atoms with Crippen LogP contribution in [0.3, 0.4) is 0 Å². The number of benzene rings is 1. The molecule has 1 saturated carbocycles. The van der Waals surface area contributed by atoms with Gasteiger partial charge in [0.15, 0.2) is 5.78 Å². The largest absolute Gasteiger partial charge is 0.497 e. The van der Waals surface area contributed by atoms with Crippen molar-refractivity contribution in [2.75, 3.05) is 7.11 Å². The van der Waals surface area contributed by atoms with Gasteiger partial charge in [0.1, 0.15) is 5.75 Å². The molecule has 3 nitrogen and oxygen atoms in total. The molecule has 0 spiro atoms. The number of carbonyl (C=O) groups is 1. The van der Waals surface area contributed by atoms with Crippen molar-refractivity contribution in [1.82, 2.24) is 4.98 Å². The first-order chi connectivity index (χ1) is 9.67. The van der Waals surface area contributed by atoms with Crippen molar-refractivity contribution in [1.29, 1.82) is 0 Å². The van der Waals surface area contributed by atoms with E-state index in [4.69, 9.17) is 9.72 Å². The lowest BCUT2D eigenvalue weighted by molar-refractivity contribution is 0.102. The van der Waals surface area contributed by atoms with Crippen molar-refractivity contribution in [3.05, 3.63) is 45.4 Å². The number of ether oxygens (including phenoxy) is 1. The van der Waals surface area contributed by atoms with Crippen molar-refractivity contribution < 1.29 is 9.53 Å². The molecule has 1 aliphatic rings. The third kappa shape index (κ3) is 2.75. The highest BCUT2D eigenvalue weighted by Gasteiger charge is 2.30. The van der Waals surface area contributed by atoms with E-state index in [1.807, 2.05) is 24.3 Å². The van der Waals surface area contributed by atoms with E-state index in [2.05, 4.69) is 0 Å². The van der Waals surface area contributed by atoms with Crippen LogP contribution in [0.15, 0.2) is 24.3 Å². The van der Waals surface area contributed by atoms with Crippen molar-refractivity contribution in [2.45, 2.75) is 32.1 Å². The minimum Gasteiger partial charge on any atom is -0.497 e. The number of rotatable bonds is 5. The van der Waals surface area contributed by atoms with E-state index in [0.717, 1.165) is 27.7 Å². The van der Waals surface area contributed by atoms with Crippen molar-refractivity contribution >= 4 is 17.1 Å². The molecule has 3 rings (SSSR count). The van der Waals surface area contributed by atoms with Gasteiger partial charge in [-0.25, -0.2) is 4.98 Å². The maximum Gasteiger partial charge on any atom is 0.171 e. The fraction of sp³-hybridized carbons (Fsp3) is 0.375. The zero-order chi connectivity index (χ0) is 14.1. The summed E-state index contributed by atoms with van der Waals surface area (Å²) in [5.41, 5.74) is 2.23. The van der Waals surface area contributed by atoms with E-state index in [1.165, 1.54) is 18.4 Å². The summed E-state index contributed by atoms with van der Waals surface area (Å²) < 4.78 is 5.16. The molecule has 4 heteroatoms. The molecular formula is C16H17NO2S. The molecule has 0 unspecified atom stereocenters. The Hall–Kier alpha value is -1.68. The van der Waals surface area contributed by atoms with Crippen LogP contribution in [0.25, 0.3) is 0 Å². The smallest absolute Gasteiger partial charge is 0.171 e. The number of hydrogen-bond donors (Lipinski definition) is 0. The Morgan fingerprint density at radius 2 is 2.05 bits per heavy atom. The first-order valence-corrected chi connectivity index (χ1v) is 7.62. The molecule has 0 bridgehead atoms. The lowest BCUT2D eigenvalue weighted by Crippen LogP contribution is -1.93. The normalized spacial score (nSPS) is 14.3. The van der Waals surface area contributed by atoms with Crippen LogP contribution in [0.5, 0.6) is 5.75 Å². The second-order valence-corrected chi connectivity index (χ2v) is 6.26. The van der Waals surface area contributed by atoms with Crippen LogP contribution in [0.1, 0.15) is 51.6 Å². The number of hydrogen-bond acceptors (Lipinski definition) is 4. The Kier molecular flexibility index (Phi) is 3.57. The molecule has 1 aromatic carbocycles. The number of thiazole rings is 1. The van der Waals surface area contributed by atoms with Crippen LogP contribution in [0, 0.1) is 0 Å². The Morgan fingerprint density at radius 3 is 2.60 bits per heavy atom. The fourth-order valence-corrected chi connectivity index (χ4v) is 3.34. The van der Waals surface area contributed by atoms with E-state index < -0.39 is 0 Å². The van der Waals surface area contributed by atoms with Gasteiger partial charge in [-0.3, -0.25) is 4.79 Å². The molecule has 1 aliphatic carbocycles. The molecule has 1 fully saturated rings. The summed E-state index contributed by atoms with van der Waals surface area (Å²) in [5.74, 6) is 1.52. The van der Waals surface area contributed by atoms with Crippen molar-refractivity contribution in [2.24, 2.45) is 0 Å². The van der Waals surface area contributed by atoms with E-state index in [-0.39, 0.29) is 5.78 Å². The summed E-state index contributed by atoms with van der Waals surface area (Å²) in [7, 11) is 1.66. The summed E-state index contributed by atoms with van der Waals surface area (Å²) in [5, 5.41) is 1.03. The zero-order valence-electron chi connectivity index (χ0n) is 11.7. The lowest BCUT2D eigenvalue weighted by atomic mass is 10.1. The van der Waals surface area contributed by atoms with Gasteiger partial charge in [0, 0.05) is 19.3 Å². The Labute approximate surface area is 122 Å². The Balaban J connectivity index is 1.82. The summed E-state index contributed by atoms with van der Waals surface area (Å²) in [6.07, 6.45) is 3.12. The molecule has 104 valence electrons. The number of nitrogens with zero attached hydrogens (tertiary/aromatic N) is 1. The fourth-order valence-electron chi connectivity index (χ4n) is 2.26. The van der Waals surface area contributed by atoms with E-state index in [1.54, 1.807) is 25.4 Å². The summed E-state index contributed by atoms with van der Waals surface area (Å²) in [4.78, 5) is 17.3. The van der Waals surface area contributed by atoms with Crippen LogP contribution >= 0.6 is 11.3 Å². The Morgan fingerprint density at radius 1 is 1.35 bits per heavy atom. The molecule has 0 amide bonds. The second-order valence-electron chi connectivity index (χ2n) is 5.18. The standard InChI is InChI=1S/C16H17NO2S/c1-10(18)16-15(12-5-6-12)17-14(20-16)9-11-3-7-13(19-2)8-4-11/h3-4,7-8,12H,5-6,9H2,1-2H3. The quantitative estimate of drug-likeness (QED) is 0.785. The minimum absolute atomic E-state index is 0.144. The van der Waals surface area contributed by atoms with E-state index in [0.29, 0.717) is 5.92 Å². The topological polar surface area (TPSA) is 39.2 Å². The lowest BCUT2D eigenvalue weighted by Gasteiger charge is -2.01. The number of ketones is 1. The number of carbonyl (C=O) groups excluding carboxylic acids is 1. The number of methoxy groups -OCH3 is 1. The summed E-state index contributed by atoms with van der Waals surface area (Å²) in [6.45, 7) is 1.64. The van der Waals surface area contributed by atoms with E-state index >= 15 is 0 Å². The van der Waals surface area contributed by atoms with Gasteiger partial charge in [0.2, 0.25) is 0 Å². The van der Waals surface area contributed by atoms with Gasteiger partial charge in [0.05, 0.1) is 22.7 Å². The molecule has 0 atom stereocenters. The average Bonchev–Trinajstić information content (AvgIpc) is 3.21. The van der Waals surface area contributed by atoms with Gasteiger partial charge in [-0.2, -0.15) is 0 Å². The monoisotopic (exact) mass is 287 g/mol. The van der Waals surface area contributed by atoms with Gasteiger partial charge >= 0.3 is 0 Å². The van der Waals surface area contributed by atoms with Gasteiger partial charge in [-0.15, -0.1) is 11.3 Å². The first-order valence-electron chi connectivity index (χ1n) is 6.81. The Bertz CT molecular complexity index is 626. The van der Waals surface area contributed by atoms with Gasteiger partial charge < -0.3 is 4.74 Å². The molecule has 0 radical (unpaired) electrons. The molecular weight excluding hydrogens is 270 g/mol. The van der Waals surface area contributed by atoms with E-state index in [9.17, 15) is 4.79 Å². The predicted molar refractivity (Wildman–Crippen MR) is 79.9 cm³/mol. The molecule has 1 heterocycles. The van der Waals surface area contributed by atoms with Crippen LogP contribution in [0.4, 0.5) is 0 Å². The van der Waals surface area contributed by atoms with Crippen LogP contribution in [-0.2, 0) is 6.42 Å². The van der Waals surface area contributed by atoms with Crippen LogP contribution in [-0.4, -0.2) is 17.9 Å². The third-order valence-electron chi connectivity index (χ3n) is 3.50. The van der Waals surface area contributed by atoms with Gasteiger partial charge in [-0.1, -0.05) is 12.1 Å². The van der Waals surface area contributed by atoms with Crippen molar-refractivity contribution in [3.8, 4) is 5.75 Å². The zero-order valence-corrected chi connectivity index (χ0v) is 12.5. The maximum atomic E-state index is 11.7. The molecule has 0 aliphatic heterocycles. The van der Waals surface area contributed by atoms with Crippen LogP contribution < -0.4 is 4.74 Å². The maximum absolute atomic E-state index is 11.7. The second kappa shape index (κ2) is 5.37. The third-order valence-corrected chi connectivity index (χ3v) is 4.67. The molecule has 0 saturated heterocycles. The number of aromatic nitrogens is 1. The van der Waals surface area contributed by atoms with Gasteiger partial charge in [0.25, 0.3) is 0 Å². The van der Waals surface area contributed by atoms with Crippen molar-refractivity contribution in [3.63, 3.8) is 0 Å². The summed E-state index contributed by atoms with van der Waals surface area (Å²) >= 11 is 1.55. The molecule has 2 aromatic rings. The molecule has 0 N–H and O–H groups in total. The average molecular weight is 287 g/mol. The highest BCUT2D eigenvalue weighted by Crippen LogP contribution is 2.43. The predicted octanol–water partition coefficient (Wildman–Crippen LogP) is 3.82. The summed E-state index contributed by atoms with van der Waals surface area (Å²) in [6, 6.07) is 8.00.